The molecule has 0 aliphatic carbocycles. The topological polar surface area (TPSA) is 71.0 Å². The molecule has 0 amide bonds. The highest BCUT2D eigenvalue weighted by molar-refractivity contribution is 7.32. The third kappa shape index (κ3) is 11.4. The molecule has 0 saturated carbocycles. The van der Waals surface area contributed by atoms with Gasteiger partial charge >= 0.3 is 16.5 Å². The first-order valence-electron chi connectivity index (χ1n) is 25.0. The second-order valence-electron chi connectivity index (χ2n) is 28.0. The molecular formula is C60H88O6P2. The zero-order valence-corrected chi connectivity index (χ0v) is 48.9. The van der Waals surface area contributed by atoms with Crippen LogP contribution in [0, 0.1) is 0 Å². The molecule has 2 heterocycles. The molecule has 6 rings (SSSR count). The minimum Gasteiger partial charge on any atom is -0.399 e. The lowest BCUT2D eigenvalue weighted by molar-refractivity contribution is 0.134. The van der Waals surface area contributed by atoms with Crippen LogP contribution in [-0.2, 0) is 43.3 Å². The summed E-state index contributed by atoms with van der Waals surface area (Å²) < 4.78 is 42.8. The van der Waals surface area contributed by atoms with Crippen molar-refractivity contribution in [1.82, 2.24) is 0 Å². The van der Waals surface area contributed by atoms with E-state index in [1.165, 1.54) is 22.3 Å². The second-order valence-corrected chi connectivity index (χ2v) is 30.1. The van der Waals surface area contributed by atoms with Gasteiger partial charge in [-0.2, -0.15) is 0 Å². The lowest BCUT2D eigenvalue weighted by Gasteiger charge is -2.27. The number of hydrogen-bond acceptors (Lipinski definition) is 6. The van der Waals surface area contributed by atoms with E-state index in [2.05, 4.69) is 215 Å². The Hall–Kier alpha value is -3.40. The van der Waals surface area contributed by atoms with E-state index in [1.54, 1.807) is 0 Å². The van der Waals surface area contributed by atoms with Crippen LogP contribution < -0.4 is 9.05 Å². The van der Waals surface area contributed by atoms with Crippen molar-refractivity contribution in [2.45, 2.75) is 236 Å². The predicted molar refractivity (Wildman–Crippen MR) is 294 cm³/mol. The molecule has 0 aliphatic heterocycles. The maximum absolute atomic E-state index is 7.17. The van der Waals surface area contributed by atoms with Gasteiger partial charge in [0, 0.05) is 43.8 Å². The van der Waals surface area contributed by atoms with Gasteiger partial charge in [0.05, 0.1) is 12.2 Å². The van der Waals surface area contributed by atoms with Crippen molar-refractivity contribution in [3.05, 3.63) is 93.0 Å². The molecule has 0 saturated heterocycles. The van der Waals surface area contributed by atoms with E-state index in [-0.39, 0.29) is 43.3 Å². The highest BCUT2D eigenvalue weighted by atomic mass is 31.1. The molecule has 0 bridgehead atoms. The molecule has 0 unspecified atom stereocenters. The molecule has 8 heteroatoms. The number of fused-ring (bicyclic) bond motifs is 6. The standard InChI is InChI=1S/C60H88O6P2/c1-35(61-67-63-49-41(27-37(53(3,4)5)31-45(49)57(15,16)17)42-28-38(54(6,7)8)32-46(50(42)64-67)58(18,19)20)36(2)62-68-65-51-43(29-39(55(9,10)11)33-47(51)59(21,22)23)44-30-40(56(12,13)14)34-48(52(44)66-68)60(24,25)26/h27-36H,1-26H3/t35-,36-/m0/s1. The third-order valence-electron chi connectivity index (χ3n) is 13.5. The maximum Gasteiger partial charge on any atom is 0.387 e. The fourth-order valence-electron chi connectivity index (χ4n) is 8.53. The monoisotopic (exact) mass is 967 g/mol. The molecule has 0 radical (unpaired) electrons. The average molecular weight is 967 g/mol. The van der Waals surface area contributed by atoms with Crippen LogP contribution in [0.4, 0.5) is 0 Å². The van der Waals surface area contributed by atoms with E-state index in [0.717, 1.165) is 66.1 Å². The summed E-state index contributed by atoms with van der Waals surface area (Å²) in [6, 6.07) is 18.6. The van der Waals surface area contributed by atoms with E-state index >= 15 is 0 Å². The predicted octanol–water partition coefficient (Wildman–Crippen LogP) is 19.6. The van der Waals surface area contributed by atoms with Crippen molar-refractivity contribution >= 4 is 60.4 Å². The Morgan fingerprint density at radius 1 is 0.294 bits per heavy atom. The Balaban J connectivity index is 1.64. The fourth-order valence-corrected chi connectivity index (χ4v) is 11.0. The van der Waals surface area contributed by atoms with E-state index in [4.69, 9.17) is 25.8 Å². The summed E-state index contributed by atoms with van der Waals surface area (Å²) in [5, 5.41) is 4.14. The molecule has 6 nitrogen and oxygen atoms in total. The molecule has 2 aromatic heterocycles. The van der Waals surface area contributed by atoms with E-state index < -0.39 is 28.7 Å². The Morgan fingerprint density at radius 2 is 0.471 bits per heavy atom. The molecule has 0 spiro atoms. The van der Waals surface area contributed by atoms with Gasteiger partial charge in [0.25, 0.3) is 0 Å². The SMILES string of the molecule is C[C@H](Op1oc2c(C(C)(C)C)cc(C(C)(C)C)cc2c2cc(C(C)(C)C)cc(C(C)(C)C)c2o1)[C@H](C)Op1oc2c(C(C)(C)C)cc(C(C)(C)C)cc2c2cc(C(C)(C)C)cc(C(C)(C)C)c2o1. The normalized spacial score (nSPS) is 14.9. The Labute approximate surface area is 413 Å². The van der Waals surface area contributed by atoms with Crippen molar-refractivity contribution in [3.63, 3.8) is 0 Å². The van der Waals surface area contributed by atoms with Gasteiger partial charge in [-0.1, -0.05) is 190 Å². The van der Waals surface area contributed by atoms with Gasteiger partial charge in [-0.3, -0.25) is 9.05 Å². The highest BCUT2D eigenvalue weighted by Gasteiger charge is 2.32. The summed E-state index contributed by atoms with van der Waals surface area (Å²) in [6.45, 7) is 58.5. The summed E-state index contributed by atoms with van der Waals surface area (Å²) in [5.74, 6) is 0. The van der Waals surface area contributed by atoms with Crippen LogP contribution in [0.5, 0.6) is 0 Å². The van der Waals surface area contributed by atoms with Crippen LogP contribution in [-0.4, -0.2) is 12.2 Å². The van der Waals surface area contributed by atoms with Gasteiger partial charge < -0.3 is 16.8 Å². The Kier molecular flexibility index (Phi) is 14.1. The van der Waals surface area contributed by atoms with Gasteiger partial charge in [-0.25, -0.2) is 0 Å². The molecule has 6 aromatic rings. The van der Waals surface area contributed by atoms with Crippen molar-refractivity contribution < 1.29 is 25.8 Å². The molecule has 68 heavy (non-hydrogen) atoms. The maximum atomic E-state index is 7.17. The summed E-state index contributed by atoms with van der Waals surface area (Å²) in [7, 11) is -3.97. The summed E-state index contributed by atoms with van der Waals surface area (Å²) >= 11 is 0. The number of benzene rings is 4. The summed E-state index contributed by atoms with van der Waals surface area (Å²) in [6.07, 6.45) is -0.977. The first kappa shape index (κ1) is 53.9. The molecule has 0 fully saturated rings. The van der Waals surface area contributed by atoms with Gasteiger partial charge in [0.1, 0.15) is 22.3 Å². The second kappa shape index (κ2) is 17.7. The third-order valence-corrected chi connectivity index (χ3v) is 15.8. The molecular weight excluding hydrogens is 879 g/mol. The molecule has 2 atom stereocenters. The number of hydrogen-bond donors (Lipinski definition) is 0. The minimum absolute atomic E-state index is 0.102. The minimum atomic E-state index is -1.98. The molecule has 0 N–H and O–H groups in total. The zero-order valence-electron chi connectivity index (χ0n) is 47.1. The molecule has 374 valence electrons. The fraction of sp³-hybridized carbons (Fsp3) is 0.600. The van der Waals surface area contributed by atoms with Crippen LogP contribution in [0.15, 0.2) is 65.3 Å². The van der Waals surface area contributed by atoms with E-state index in [1.807, 2.05) is 13.8 Å². The van der Waals surface area contributed by atoms with Crippen LogP contribution in [0.25, 0.3) is 43.9 Å². The Morgan fingerprint density at radius 3 is 0.618 bits per heavy atom. The summed E-state index contributed by atoms with van der Waals surface area (Å²) in [5.41, 5.74) is 11.4. The number of rotatable bonds is 5. The van der Waals surface area contributed by atoms with Gasteiger partial charge in [-0.15, -0.1) is 0 Å². The largest absolute Gasteiger partial charge is 0.399 e. The van der Waals surface area contributed by atoms with Crippen LogP contribution in [0.2, 0.25) is 0 Å². The quantitative estimate of drug-likeness (QED) is 0.171. The first-order chi connectivity index (χ1) is 30.6. The lowest BCUT2D eigenvalue weighted by Crippen LogP contribution is -2.29. The van der Waals surface area contributed by atoms with Crippen LogP contribution in [0.3, 0.4) is 0 Å². The highest BCUT2D eigenvalue weighted by Crippen LogP contribution is 2.48. The zero-order chi connectivity index (χ0) is 51.4. The molecule has 4 aromatic carbocycles. The lowest BCUT2D eigenvalue weighted by atomic mass is 9.77. The van der Waals surface area contributed by atoms with Crippen LogP contribution >= 0.6 is 16.5 Å². The van der Waals surface area contributed by atoms with Crippen molar-refractivity contribution in [1.29, 1.82) is 0 Å². The first-order valence-corrected chi connectivity index (χ1v) is 27.2. The summed E-state index contributed by atoms with van der Waals surface area (Å²) in [4.78, 5) is 0. The van der Waals surface area contributed by atoms with E-state index in [9.17, 15) is 0 Å². The smallest absolute Gasteiger partial charge is 0.387 e. The van der Waals surface area contributed by atoms with Crippen molar-refractivity contribution in [2.24, 2.45) is 0 Å². The van der Waals surface area contributed by atoms with Gasteiger partial charge in [-0.05, 0) is 104 Å². The van der Waals surface area contributed by atoms with Crippen LogP contribution in [0.1, 0.15) is 225 Å². The van der Waals surface area contributed by atoms with Gasteiger partial charge in [0.2, 0.25) is 0 Å². The van der Waals surface area contributed by atoms with Crippen molar-refractivity contribution in [3.8, 4) is 0 Å². The van der Waals surface area contributed by atoms with E-state index in [0.29, 0.717) is 0 Å². The van der Waals surface area contributed by atoms with Gasteiger partial charge in [0.15, 0.2) is 0 Å². The van der Waals surface area contributed by atoms with Crippen molar-refractivity contribution in [2.75, 3.05) is 0 Å². The molecule has 0 aliphatic rings. The Bertz CT molecular complexity index is 2550. The average Bonchev–Trinajstić information content (AvgIpc) is 3.40.